The molecule has 3 heterocycles. The molecule has 3 rings (SSSR count). The number of fused-ring (bicyclic) bond motifs is 1. The molecular formula is C10H16N7O12P3. The second kappa shape index (κ2) is 8.90. The highest BCUT2D eigenvalue weighted by Crippen LogP contribution is 2.66. The van der Waals surface area contributed by atoms with Gasteiger partial charge in [-0.2, -0.15) is 8.62 Å². The molecule has 0 saturated carbocycles. The monoisotopic (exact) mass is 519 g/mol. The average molecular weight is 519 g/mol. The smallest absolute Gasteiger partial charge is 0.490 e. The number of phosphoric ester groups is 1. The molecule has 0 radical (unpaired) electrons. The van der Waals surface area contributed by atoms with Crippen molar-refractivity contribution in [3.05, 3.63) is 18.2 Å². The van der Waals surface area contributed by atoms with Crippen LogP contribution in [0, 0.1) is 0 Å². The Morgan fingerprint density at radius 3 is 2.47 bits per heavy atom. The number of nitrogen functional groups attached to an aromatic ring is 1. The van der Waals surface area contributed by atoms with Crippen LogP contribution in [0.2, 0.25) is 0 Å². The van der Waals surface area contributed by atoms with Gasteiger partial charge < -0.3 is 45.8 Å². The van der Waals surface area contributed by atoms with Crippen molar-refractivity contribution in [2.45, 2.75) is 24.5 Å². The van der Waals surface area contributed by atoms with Gasteiger partial charge in [0, 0.05) is 0 Å². The Kier molecular flexibility index (Phi) is 6.93. The quantitative estimate of drug-likeness (QED) is 0.133. The number of nitrogens with zero attached hydrogens (tertiary/aromatic N) is 5. The van der Waals surface area contributed by atoms with E-state index in [1.54, 1.807) is 0 Å². The highest BCUT2D eigenvalue weighted by molar-refractivity contribution is 7.66. The molecule has 2 aromatic heterocycles. The third-order valence-corrected chi connectivity index (χ3v) is 7.80. The summed E-state index contributed by atoms with van der Waals surface area (Å²) in [5, 5.41) is 12.2. The molecule has 6 unspecified atom stereocenters. The van der Waals surface area contributed by atoms with Gasteiger partial charge in [-0.15, -0.1) is 0 Å². The van der Waals surface area contributed by atoms with Gasteiger partial charge in [-0.25, -0.2) is 28.6 Å². The minimum absolute atomic E-state index is 0.0463. The lowest BCUT2D eigenvalue weighted by molar-refractivity contribution is -0.544. The van der Waals surface area contributed by atoms with E-state index in [9.17, 15) is 29.2 Å². The predicted octanol–water partition coefficient (Wildman–Crippen LogP) is -2.52. The molecular weight excluding hydrogens is 503 g/mol. The summed E-state index contributed by atoms with van der Waals surface area (Å²) in [4.78, 5) is 47.5. The summed E-state index contributed by atoms with van der Waals surface area (Å²) in [5.41, 5.74) is 15.5. The van der Waals surface area contributed by atoms with Gasteiger partial charge in [0.05, 0.1) is 12.9 Å². The molecule has 22 heteroatoms. The van der Waals surface area contributed by atoms with E-state index in [0.717, 1.165) is 6.33 Å². The van der Waals surface area contributed by atoms with E-state index in [1.165, 1.54) is 10.9 Å². The third kappa shape index (κ3) is 5.60. The molecule has 2 aromatic rings. The van der Waals surface area contributed by atoms with Crippen LogP contribution in [0.25, 0.3) is 16.7 Å². The number of aromatic nitrogens is 4. The number of aliphatic hydroxyl groups is 1. The molecule has 1 aliphatic heterocycles. The molecule has 1 aliphatic rings. The normalized spacial score (nSPS) is 27.8. The van der Waals surface area contributed by atoms with Gasteiger partial charge in [-0.05, 0) is 0 Å². The van der Waals surface area contributed by atoms with Crippen molar-refractivity contribution < 1.29 is 61.4 Å². The van der Waals surface area contributed by atoms with Crippen LogP contribution in [-0.4, -0.2) is 69.1 Å². The van der Waals surface area contributed by atoms with Crippen LogP contribution in [0.15, 0.2) is 12.7 Å². The Morgan fingerprint density at radius 2 is 1.84 bits per heavy atom. The van der Waals surface area contributed by atoms with Crippen LogP contribution >= 0.6 is 23.5 Å². The number of aliphatic hydroxyl groups excluding tert-OH is 1. The number of hydrogen-bond acceptors (Lipinski definition) is 12. The maximum atomic E-state index is 11.8. The lowest BCUT2D eigenvalue weighted by Crippen LogP contribution is -2.77. The molecule has 6 atom stereocenters. The fourth-order valence-corrected chi connectivity index (χ4v) is 5.82. The van der Waals surface area contributed by atoms with Crippen molar-refractivity contribution in [1.29, 1.82) is 0 Å². The maximum Gasteiger partial charge on any atom is 0.490 e. The summed E-state index contributed by atoms with van der Waals surface area (Å²) in [5.74, 6) is 0.0463. The topological polar surface area (TPSA) is 295 Å². The van der Waals surface area contributed by atoms with Gasteiger partial charge in [0.15, 0.2) is 11.5 Å². The van der Waals surface area contributed by atoms with Gasteiger partial charge in [-0.3, -0.25) is 9.09 Å². The number of anilines is 1. The van der Waals surface area contributed by atoms with Crippen molar-refractivity contribution >= 4 is 40.4 Å². The first-order chi connectivity index (χ1) is 14.7. The van der Waals surface area contributed by atoms with E-state index >= 15 is 0 Å². The number of ether oxygens (including phenoxy) is 1. The molecule has 0 aromatic carbocycles. The van der Waals surface area contributed by atoms with E-state index in [0.29, 0.717) is 0 Å². The van der Waals surface area contributed by atoms with Crippen LogP contribution in [0.4, 0.5) is 5.82 Å². The maximum absolute atomic E-state index is 11.8. The lowest BCUT2D eigenvalue weighted by Gasteiger charge is -2.18. The zero-order valence-electron chi connectivity index (χ0n) is 15.4. The number of hydrogen-bond donors (Lipinski definition) is 7. The first-order valence-corrected chi connectivity index (χ1v) is 12.7. The Balaban J connectivity index is 1.73. The third-order valence-electron chi connectivity index (χ3n) is 4.00. The fourth-order valence-electron chi connectivity index (χ4n) is 2.79. The molecule has 0 aliphatic carbocycles. The van der Waals surface area contributed by atoms with Crippen LogP contribution < -0.4 is 10.8 Å². The largest absolute Gasteiger partial charge is 0.508 e. The highest BCUT2D eigenvalue weighted by Gasteiger charge is 2.49. The van der Waals surface area contributed by atoms with Gasteiger partial charge >= 0.3 is 23.5 Å². The number of imidazole rings is 1. The summed E-state index contributed by atoms with van der Waals surface area (Å²) >= 11 is 0. The first-order valence-electron chi connectivity index (χ1n) is 8.17. The second-order valence-corrected chi connectivity index (χ2v) is 10.6. The summed E-state index contributed by atoms with van der Waals surface area (Å²) in [6, 6.07) is -1.24. The predicted molar refractivity (Wildman–Crippen MR) is 97.6 cm³/mol. The molecule has 1 fully saturated rings. The highest BCUT2D eigenvalue weighted by atomic mass is 31.3. The Hall–Kier alpha value is -1.72. The SMILES string of the molecule is [N-]=[NH+]C1C(O)C(COP(=O)(O)OP(=O)(O)OP(=O)(O)O)OC1n1cnc2c(N)ncnc21. The van der Waals surface area contributed by atoms with Gasteiger partial charge in [0.1, 0.15) is 24.1 Å². The summed E-state index contributed by atoms with van der Waals surface area (Å²) in [6.45, 7) is -0.941. The molecule has 178 valence electrons. The van der Waals surface area contributed by atoms with Gasteiger partial charge in [0.25, 0.3) is 0 Å². The number of phosphoric acid groups is 3. The lowest BCUT2D eigenvalue weighted by atomic mass is 10.1. The van der Waals surface area contributed by atoms with Crippen LogP contribution in [0.1, 0.15) is 6.23 Å². The van der Waals surface area contributed by atoms with Crippen LogP contribution in [0.3, 0.4) is 0 Å². The minimum atomic E-state index is -5.71. The molecule has 32 heavy (non-hydrogen) atoms. The number of nitrogens with two attached hydrogens (primary N) is 1. The zero-order valence-corrected chi connectivity index (χ0v) is 18.1. The Morgan fingerprint density at radius 1 is 1.16 bits per heavy atom. The summed E-state index contributed by atoms with van der Waals surface area (Å²) < 4.78 is 52.3. The minimum Gasteiger partial charge on any atom is -0.508 e. The number of rotatable bonds is 9. The van der Waals surface area contributed by atoms with Crippen molar-refractivity contribution in [2.75, 3.05) is 12.3 Å². The van der Waals surface area contributed by atoms with E-state index in [4.69, 9.17) is 25.2 Å². The average Bonchev–Trinajstić information content (AvgIpc) is 3.18. The van der Waals surface area contributed by atoms with Crippen molar-refractivity contribution in [3.8, 4) is 0 Å². The molecule has 0 amide bonds. The summed E-state index contributed by atoms with van der Waals surface area (Å²) in [7, 11) is -16.7. The summed E-state index contributed by atoms with van der Waals surface area (Å²) in [6.07, 6.45) is -1.83. The molecule has 19 nitrogen and oxygen atoms in total. The van der Waals surface area contributed by atoms with E-state index in [1.807, 2.05) is 5.11 Å². The van der Waals surface area contributed by atoms with Crippen molar-refractivity contribution in [3.63, 3.8) is 0 Å². The van der Waals surface area contributed by atoms with Crippen molar-refractivity contribution in [2.24, 2.45) is 0 Å². The second-order valence-electron chi connectivity index (χ2n) is 6.18. The van der Waals surface area contributed by atoms with E-state index in [-0.39, 0.29) is 17.0 Å². The Bertz CT molecular complexity index is 1150. The van der Waals surface area contributed by atoms with E-state index < -0.39 is 54.6 Å². The van der Waals surface area contributed by atoms with Crippen LogP contribution in [0.5, 0.6) is 0 Å². The number of nitrogens with one attached hydrogen (secondary N) is 1. The Labute approximate surface area is 177 Å². The molecule has 1 saturated heterocycles. The first kappa shape index (κ1) is 24.9. The van der Waals surface area contributed by atoms with Crippen LogP contribution in [-0.2, 0) is 31.6 Å². The van der Waals surface area contributed by atoms with Crippen molar-refractivity contribution in [1.82, 2.24) is 19.5 Å². The van der Waals surface area contributed by atoms with E-state index in [2.05, 4.69) is 28.1 Å². The molecule has 8 N–H and O–H groups in total. The standard InChI is InChI=1S/C10H16N7O12P3/c11-8-6-9(14-2-13-8)17(3-15-6)10-5(16-12)7(18)4(27-10)1-26-31(22,23)29-32(24,25)28-30(19,20)21/h2-5,7,10,16,18H,1H2,(H,22,23)(H,24,25)(H2,11,13,14)(H2,19,20,21). The fraction of sp³-hybridized carbons (Fsp3) is 0.500. The molecule has 0 bridgehead atoms. The zero-order chi connectivity index (χ0) is 23.9. The van der Waals surface area contributed by atoms with Gasteiger partial charge in [0.2, 0.25) is 12.3 Å². The molecule has 0 spiro atoms. The van der Waals surface area contributed by atoms with Gasteiger partial charge in [-0.1, -0.05) is 0 Å².